The highest BCUT2D eigenvalue weighted by Crippen LogP contribution is 2.38. The van der Waals surface area contributed by atoms with Gasteiger partial charge >= 0.3 is 0 Å². The molecule has 3 N–H and O–H groups in total. The average Bonchev–Trinajstić information content (AvgIpc) is 3.10. The molecule has 4 rings (SSSR count). The number of nitrogens with one attached hydrogen (secondary N) is 2. The number of benzene rings is 1. The van der Waals surface area contributed by atoms with Crippen LogP contribution < -0.4 is 10.6 Å². The summed E-state index contributed by atoms with van der Waals surface area (Å²) in [7, 11) is 0. The summed E-state index contributed by atoms with van der Waals surface area (Å²) in [4.78, 5) is 23.4. The number of hydrogen-bond acceptors (Lipinski definition) is 6. The zero-order valence-electron chi connectivity index (χ0n) is 15.0. The second-order valence-corrected chi connectivity index (χ2v) is 7.73. The smallest absolute Gasteiger partial charge is 0.251 e. The molecule has 27 heavy (non-hydrogen) atoms. The number of carbonyl (C=O) groups excluding carboxylic acids is 1. The van der Waals surface area contributed by atoms with Crippen LogP contribution in [0.25, 0.3) is 10.2 Å². The Morgan fingerprint density at radius 2 is 1.96 bits per heavy atom. The van der Waals surface area contributed by atoms with Gasteiger partial charge in [0.15, 0.2) is 0 Å². The topological polar surface area (TPSA) is 87.1 Å². The summed E-state index contributed by atoms with van der Waals surface area (Å²) in [6.07, 6.45) is 6.37. The normalized spacial score (nSPS) is 13.4. The van der Waals surface area contributed by atoms with Crippen LogP contribution in [-0.4, -0.2) is 34.1 Å². The predicted octanol–water partition coefficient (Wildman–Crippen LogP) is 2.90. The van der Waals surface area contributed by atoms with Crippen molar-refractivity contribution in [2.45, 2.75) is 32.2 Å². The minimum absolute atomic E-state index is 0.0621. The molecule has 1 amide bonds. The second-order valence-electron chi connectivity index (χ2n) is 6.64. The molecule has 0 unspecified atom stereocenters. The fourth-order valence-corrected chi connectivity index (χ4v) is 4.68. The molecule has 0 bridgehead atoms. The first-order valence-electron chi connectivity index (χ1n) is 9.23. The molecule has 0 aliphatic heterocycles. The molecule has 1 aliphatic rings. The zero-order chi connectivity index (χ0) is 18.6. The van der Waals surface area contributed by atoms with Gasteiger partial charge in [-0.15, -0.1) is 11.3 Å². The number of amides is 1. The van der Waals surface area contributed by atoms with Crippen LogP contribution in [0.5, 0.6) is 0 Å². The molecule has 1 aliphatic carbocycles. The lowest BCUT2D eigenvalue weighted by molar-refractivity contribution is 0.0945. The Kier molecular flexibility index (Phi) is 5.31. The molecule has 0 spiro atoms. The number of hydrogen-bond donors (Lipinski definition) is 3. The van der Waals surface area contributed by atoms with Crippen LogP contribution >= 0.6 is 11.3 Å². The first kappa shape index (κ1) is 17.9. The fraction of sp³-hybridized carbons (Fsp3) is 0.350. The molecule has 140 valence electrons. The van der Waals surface area contributed by atoms with Gasteiger partial charge in [0.05, 0.1) is 12.0 Å². The minimum Gasteiger partial charge on any atom is -0.395 e. The maximum absolute atomic E-state index is 11.9. The van der Waals surface area contributed by atoms with Crippen molar-refractivity contribution in [3.05, 3.63) is 52.2 Å². The summed E-state index contributed by atoms with van der Waals surface area (Å²) in [5.41, 5.74) is 3.08. The van der Waals surface area contributed by atoms with Crippen LogP contribution in [-0.2, 0) is 19.4 Å². The van der Waals surface area contributed by atoms with Gasteiger partial charge in [-0.25, -0.2) is 9.97 Å². The number of anilines is 1. The monoisotopic (exact) mass is 382 g/mol. The van der Waals surface area contributed by atoms with Crippen molar-refractivity contribution >= 4 is 33.3 Å². The maximum atomic E-state index is 11.9. The van der Waals surface area contributed by atoms with Crippen molar-refractivity contribution in [1.82, 2.24) is 15.3 Å². The summed E-state index contributed by atoms with van der Waals surface area (Å²) in [5.74, 6) is 0.718. The van der Waals surface area contributed by atoms with Gasteiger partial charge < -0.3 is 15.7 Å². The summed E-state index contributed by atoms with van der Waals surface area (Å²) in [5, 5.41) is 16.1. The number of rotatable bonds is 6. The Balaban J connectivity index is 1.49. The van der Waals surface area contributed by atoms with E-state index in [4.69, 9.17) is 5.11 Å². The van der Waals surface area contributed by atoms with E-state index in [9.17, 15) is 4.79 Å². The van der Waals surface area contributed by atoms with Gasteiger partial charge in [-0.2, -0.15) is 0 Å². The second kappa shape index (κ2) is 8.02. The number of aryl methyl sites for hydroxylation is 2. The minimum atomic E-state index is -0.175. The van der Waals surface area contributed by atoms with Crippen LogP contribution in [0.2, 0.25) is 0 Å². The Labute approximate surface area is 161 Å². The molecule has 0 atom stereocenters. The van der Waals surface area contributed by atoms with Crippen LogP contribution in [0.1, 0.15) is 39.2 Å². The first-order chi connectivity index (χ1) is 13.3. The highest BCUT2D eigenvalue weighted by Gasteiger charge is 2.19. The largest absolute Gasteiger partial charge is 0.395 e. The Hall–Kier alpha value is -2.51. The number of nitrogens with zero attached hydrogens (tertiary/aromatic N) is 2. The van der Waals surface area contributed by atoms with Crippen LogP contribution in [0.3, 0.4) is 0 Å². The van der Waals surface area contributed by atoms with E-state index >= 15 is 0 Å². The van der Waals surface area contributed by atoms with E-state index in [1.165, 1.54) is 28.7 Å². The molecule has 0 saturated heterocycles. The molecule has 0 saturated carbocycles. The lowest BCUT2D eigenvalue weighted by Gasteiger charge is -2.12. The van der Waals surface area contributed by atoms with E-state index in [1.54, 1.807) is 29.8 Å². The van der Waals surface area contributed by atoms with Crippen LogP contribution in [0, 0.1) is 0 Å². The zero-order valence-corrected chi connectivity index (χ0v) is 15.8. The highest BCUT2D eigenvalue weighted by molar-refractivity contribution is 7.19. The van der Waals surface area contributed by atoms with Gasteiger partial charge in [0.1, 0.15) is 17.0 Å². The molecule has 0 radical (unpaired) electrons. The molecule has 6 nitrogen and oxygen atoms in total. The summed E-state index contributed by atoms with van der Waals surface area (Å²) < 4.78 is 0. The molecular weight excluding hydrogens is 360 g/mol. The quantitative estimate of drug-likeness (QED) is 0.610. The van der Waals surface area contributed by atoms with Gasteiger partial charge in [-0.05, 0) is 48.9 Å². The van der Waals surface area contributed by atoms with Crippen molar-refractivity contribution in [1.29, 1.82) is 0 Å². The number of thiophene rings is 1. The molecule has 0 fully saturated rings. The number of aliphatic hydroxyl groups excluding tert-OH is 1. The number of aromatic nitrogens is 2. The molecule has 1 aromatic carbocycles. The van der Waals surface area contributed by atoms with Crippen molar-refractivity contribution in [2.75, 3.05) is 18.5 Å². The van der Waals surface area contributed by atoms with E-state index in [0.717, 1.165) is 29.1 Å². The van der Waals surface area contributed by atoms with Gasteiger partial charge in [0.2, 0.25) is 0 Å². The van der Waals surface area contributed by atoms with Crippen molar-refractivity contribution in [3.63, 3.8) is 0 Å². The highest BCUT2D eigenvalue weighted by atomic mass is 32.1. The van der Waals surface area contributed by atoms with Crippen LogP contribution in [0.15, 0.2) is 30.6 Å². The summed E-state index contributed by atoms with van der Waals surface area (Å²) in [6.45, 7) is 0.833. The van der Waals surface area contributed by atoms with Gasteiger partial charge in [-0.3, -0.25) is 4.79 Å². The van der Waals surface area contributed by atoms with Gasteiger partial charge in [-0.1, -0.05) is 12.1 Å². The van der Waals surface area contributed by atoms with Gasteiger partial charge in [0.25, 0.3) is 5.91 Å². The first-order valence-corrected chi connectivity index (χ1v) is 10.0. The Morgan fingerprint density at radius 3 is 2.78 bits per heavy atom. The molecule has 3 aromatic rings. The predicted molar refractivity (Wildman–Crippen MR) is 107 cm³/mol. The third-order valence-electron chi connectivity index (χ3n) is 4.82. The third-order valence-corrected chi connectivity index (χ3v) is 6.02. The SMILES string of the molecule is O=C(NCCO)c1ccc(CNc2ncnc3sc4c(c23)CCCC4)cc1. The lowest BCUT2D eigenvalue weighted by Crippen LogP contribution is -2.26. The molecular formula is C20H22N4O2S. The lowest BCUT2D eigenvalue weighted by atomic mass is 9.97. The average molecular weight is 382 g/mol. The van der Waals surface area contributed by atoms with Gasteiger partial charge in [0, 0.05) is 23.5 Å². The Morgan fingerprint density at radius 1 is 1.15 bits per heavy atom. The third kappa shape index (κ3) is 3.79. The number of carbonyl (C=O) groups is 1. The maximum Gasteiger partial charge on any atom is 0.251 e. The van der Waals surface area contributed by atoms with Crippen molar-refractivity contribution in [3.8, 4) is 0 Å². The van der Waals surface area contributed by atoms with E-state index in [-0.39, 0.29) is 19.1 Å². The molecule has 7 heteroatoms. The van der Waals surface area contributed by atoms with Crippen molar-refractivity contribution in [2.24, 2.45) is 0 Å². The molecule has 2 heterocycles. The van der Waals surface area contributed by atoms with E-state index in [1.807, 2.05) is 12.1 Å². The summed E-state index contributed by atoms with van der Waals surface area (Å²) >= 11 is 1.79. The van der Waals surface area contributed by atoms with E-state index in [0.29, 0.717) is 12.1 Å². The van der Waals surface area contributed by atoms with Crippen molar-refractivity contribution < 1.29 is 9.90 Å². The standard InChI is InChI=1S/C20H22N4O2S/c25-10-9-21-19(26)14-7-5-13(6-8-14)11-22-18-17-15-3-1-2-4-16(15)27-20(17)24-12-23-18/h5-8,12,25H,1-4,9-11H2,(H,21,26)(H,22,23,24). The van der Waals surface area contributed by atoms with E-state index in [2.05, 4.69) is 20.6 Å². The van der Waals surface area contributed by atoms with Crippen LogP contribution in [0.4, 0.5) is 5.82 Å². The Bertz CT molecular complexity index is 953. The number of aliphatic hydroxyl groups is 1. The molecule has 2 aromatic heterocycles. The number of fused-ring (bicyclic) bond motifs is 3. The van der Waals surface area contributed by atoms with E-state index < -0.39 is 0 Å². The summed E-state index contributed by atoms with van der Waals surface area (Å²) in [6, 6.07) is 7.46. The fourth-order valence-electron chi connectivity index (χ4n) is 3.46.